The van der Waals surface area contributed by atoms with Crippen LogP contribution in [0.15, 0.2) is 114 Å². The summed E-state index contributed by atoms with van der Waals surface area (Å²) in [5, 5.41) is 5.22. The van der Waals surface area contributed by atoms with Crippen LogP contribution in [-0.2, 0) is 26.0 Å². The van der Waals surface area contributed by atoms with E-state index >= 15 is 0 Å². The Balaban J connectivity index is 1.30. The van der Waals surface area contributed by atoms with E-state index < -0.39 is 26.3 Å². The zero-order valence-electron chi connectivity index (χ0n) is 19.3. The number of hydrogen-bond donors (Lipinski definition) is 2. The molecule has 0 unspecified atom stereocenters. The zero-order valence-corrected chi connectivity index (χ0v) is 20.9. The van der Waals surface area contributed by atoms with Crippen LogP contribution in [0.25, 0.3) is 0 Å². The second-order valence-electron chi connectivity index (χ2n) is 7.75. The molecule has 2 amide bonds. The third-order valence-corrected chi connectivity index (χ3v) is 7.27. The largest absolute Gasteiger partial charge is 0.382 e. The van der Waals surface area contributed by atoms with Crippen molar-refractivity contribution in [1.82, 2.24) is 0 Å². The summed E-state index contributed by atoms with van der Waals surface area (Å²) in [4.78, 5) is 12.4. The Bertz CT molecular complexity index is 1560. The van der Waals surface area contributed by atoms with Gasteiger partial charge in [0.15, 0.2) is 0 Å². The molecule has 37 heavy (non-hydrogen) atoms. The molecule has 9 nitrogen and oxygen atoms in total. The fraction of sp³-hybridized carbons (Fsp3) is 0.0385. The molecule has 0 radical (unpaired) electrons. The summed E-state index contributed by atoms with van der Waals surface area (Å²) in [5.41, 5.74) is 1.41. The monoisotopic (exact) mass is 538 g/mol. The van der Waals surface area contributed by atoms with Gasteiger partial charge in [-0.05, 0) is 66.2 Å². The molecule has 0 saturated carbocycles. The molecule has 0 fully saturated rings. The number of urea groups is 1. The van der Waals surface area contributed by atoms with E-state index in [0.29, 0.717) is 16.9 Å². The average Bonchev–Trinajstić information content (AvgIpc) is 2.87. The molecule has 0 heterocycles. The van der Waals surface area contributed by atoms with Crippen molar-refractivity contribution in [3.63, 3.8) is 0 Å². The van der Waals surface area contributed by atoms with Crippen LogP contribution >= 0.6 is 0 Å². The highest BCUT2D eigenvalue weighted by atomic mass is 32.2. The molecule has 4 aromatic carbocycles. The van der Waals surface area contributed by atoms with E-state index in [9.17, 15) is 21.6 Å². The average molecular weight is 539 g/mol. The van der Waals surface area contributed by atoms with Crippen LogP contribution in [0, 0.1) is 0 Å². The first-order valence-corrected chi connectivity index (χ1v) is 13.9. The Morgan fingerprint density at radius 2 is 1.05 bits per heavy atom. The van der Waals surface area contributed by atoms with Gasteiger partial charge in [0.1, 0.15) is 22.1 Å². The predicted molar refractivity (Wildman–Crippen MR) is 139 cm³/mol. The minimum atomic E-state index is -3.97. The lowest BCUT2D eigenvalue weighted by Crippen LogP contribution is -2.19. The number of rotatable bonds is 9. The standard InChI is InChI=1S/C26H22N2O7S2/c29-26(28-22-13-17-24(18-14-22)35-37(32,33)25-9-5-2-6-10-25)27-21-11-15-23(16-12-21)34-36(30,31)19-20-7-3-1-4-8-20/h1-18H,19H2,(H2,27,28,29). The van der Waals surface area contributed by atoms with Crippen LogP contribution in [0.3, 0.4) is 0 Å². The van der Waals surface area contributed by atoms with Gasteiger partial charge < -0.3 is 19.0 Å². The topological polar surface area (TPSA) is 128 Å². The van der Waals surface area contributed by atoms with Gasteiger partial charge in [0, 0.05) is 11.4 Å². The number of nitrogens with one attached hydrogen (secondary N) is 2. The van der Waals surface area contributed by atoms with E-state index in [4.69, 9.17) is 8.37 Å². The number of benzene rings is 4. The molecule has 0 aromatic heterocycles. The van der Waals surface area contributed by atoms with Gasteiger partial charge in [0.2, 0.25) is 0 Å². The van der Waals surface area contributed by atoms with Crippen molar-refractivity contribution in [2.75, 3.05) is 10.6 Å². The zero-order chi connectivity index (χ0) is 26.3. The molecule has 2 N–H and O–H groups in total. The van der Waals surface area contributed by atoms with Gasteiger partial charge in [-0.2, -0.15) is 16.8 Å². The van der Waals surface area contributed by atoms with E-state index in [1.807, 2.05) is 0 Å². The molecule has 0 aliphatic carbocycles. The fourth-order valence-corrected chi connectivity index (χ4v) is 5.21. The lowest BCUT2D eigenvalue weighted by atomic mass is 10.2. The van der Waals surface area contributed by atoms with Crippen LogP contribution in [0.5, 0.6) is 11.5 Å². The van der Waals surface area contributed by atoms with Gasteiger partial charge in [-0.1, -0.05) is 48.5 Å². The maximum atomic E-state index is 12.3. The second kappa shape index (κ2) is 11.1. The normalized spacial score (nSPS) is 11.4. The summed E-state index contributed by atoms with van der Waals surface area (Å²) >= 11 is 0. The van der Waals surface area contributed by atoms with Crippen molar-refractivity contribution in [2.24, 2.45) is 0 Å². The second-order valence-corrected chi connectivity index (χ2v) is 10.9. The molecule has 190 valence electrons. The number of carbonyl (C=O) groups is 1. The maximum absolute atomic E-state index is 12.3. The van der Waals surface area contributed by atoms with Crippen molar-refractivity contribution in [3.05, 3.63) is 115 Å². The molecule has 0 spiro atoms. The fourth-order valence-electron chi connectivity index (χ4n) is 3.20. The van der Waals surface area contributed by atoms with Crippen molar-refractivity contribution < 1.29 is 30.0 Å². The Hall–Kier alpha value is -4.35. The summed E-state index contributed by atoms with van der Waals surface area (Å²) in [6, 6.07) is 27.5. The Kier molecular flexibility index (Phi) is 7.75. The molecule has 4 aromatic rings. The molecule has 0 bridgehead atoms. The van der Waals surface area contributed by atoms with Crippen LogP contribution in [0.2, 0.25) is 0 Å². The van der Waals surface area contributed by atoms with Crippen LogP contribution in [0.4, 0.5) is 16.2 Å². The molecular formula is C26H22N2O7S2. The lowest BCUT2D eigenvalue weighted by molar-refractivity contribution is 0.262. The number of amides is 2. The molecule has 0 aliphatic rings. The predicted octanol–water partition coefficient (Wildman–Crippen LogP) is 5.01. The van der Waals surface area contributed by atoms with Gasteiger partial charge in [-0.25, -0.2) is 4.79 Å². The maximum Gasteiger partial charge on any atom is 0.339 e. The minimum Gasteiger partial charge on any atom is -0.382 e. The Labute approximate surface area is 214 Å². The molecule has 4 rings (SSSR count). The van der Waals surface area contributed by atoms with Crippen molar-refractivity contribution >= 4 is 37.6 Å². The number of hydrogen-bond acceptors (Lipinski definition) is 7. The van der Waals surface area contributed by atoms with Crippen LogP contribution < -0.4 is 19.0 Å². The van der Waals surface area contributed by atoms with E-state index in [2.05, 4.69) is 10.6 Å². The van der Waals surface area contributed by atoms with Gasteiger partial charge in [0.05, 0.1) is 0 Å². The number of carbonyl (C=O) groups excluding carboxylic acids is 1. The van der Waals surface area contributed by atoms with Crippen molar-refractivity contribution in [3.8, 4) is 11.5 Å². The third kappa shape index (κ3) is 7.56. The number of anilines is 2. The highest BCUT2D eigenvalue weighted by molar-refractivity contribution is 7.87. The summed E-state index contributed by atoms with van der Waals surface area (Å²) in [5.74, 6) is -0.0614. The molecule has 11 heteroatoms. The third-order valence-electron chi connectivity index (χ3n) is 4.87. The molecule has 0 aliphatic heterocycles. The lowest BCUT2D eigenvalue weighted by Gasteiger charge is -2.10. The van der Waals surface area contributed by atoms with E-state index in [1.165, 1.54) is 60.7 Å². The van der Waals surface area contributed by atoms with Crippen LogP contribution in [0.1, 0.15) is 5.56 Å². The van der Waals surface area contributed by atoms with Crippen molar-refractivity contribution in [2.45, 2.75) is 10.6 Å². The molecule has 0 saturated heterocycles. The van der Waals surface area contributed by atoms with E-state index in [1.54, 1.807) is 48.5 Å². The first kappa shape index (κ1) is 25.7. The SMILES string of the molecule is O=C(Nc1ccc(OS(=O)(=O)Cc2ccccc2)cc1)Nc1ccc(OS(=O)(=O)c2ccccc2)cc1. The highest BCUT2D eigenvalue weighted by Crippen LogP contribution is 2.22. The molecular weight excluding hydrogens is 516 g/mol. The van der Waals surface area contributed by atoms with Gasteiger partial charge in [0.25, 0.3) is 0 Å². The van der Waals surface area contributed by atoms with Gasteiger partial charge in [-0.15, -0.1) is 0 Å². The van der Waals surface area contributed by atoms with E-state index in [0.717, 1.165) is 0 Å². The summed E-state index contributed by atoms with van der Waals surface area (Å²) in [7, 11) is -7.81. The Morgan fingerprint density at radius 1 is 0.595 bits per heavy atom. The first-order valence-electron chi connectivity index (χ1n) is 10.9. The quantitative estimate of drug-likeness (QED) is 0.287. The van der Waals surface area contributed by atoms with Crippen LogP contribution in [-0.4, -0.2) is 22.9 Å². The van der Waals surface area contributed by atoms with Crippen molar-refractivity contribution in [1.29, 1.82) is 0 Å². The summed E-state index contributed by atoms with van der Waals surface area (Å²) in [6.07, 6.45) is 0. The first-order chi connectivity index (χ1) is 17.7. The smallest absolute Gasteiger partial charge is 0.339 e. The van der Waals surface area contributed by atoms with Gasteiger partial charge in [-0.3, -0.25) is 0 Å². The summed E-state index contributed by atoms with van der Waals surface area (Å²) in [6.45, 7) is 0. The van der Waals surface area contributed by atoms with E-state index in [-0.39, 0.29) is 22.1 Å². The molecule has 0 atom stereocenters. The Morgan fingerprint density at radius 3 is 1.57 bits per heavy atom. The summed E-state index contributed by atoms with van der Waals surface area (Å²) < 4.78 is 59.4. The van der Waals surface area contributed by atoms with Gasteiger partial charge >= 0.3 is 26.3 Å². The highest BCUT2D eigenvalue weighted by Gasteiger charge is 2.16. The minimum absolute atomic E-state index is 0.0294.